The Morgan fingerprint density at radius 2 is 1.65 bits per heavy atom. The smallest absolute Gasteiger partial charge is 0.100 e. The van der Waals surface area contributed by atoms with Gasteiger partial charge in [0.1, 0.15) is 6.10 Å². The maximum absolute atomic E-state index is 10.2. The SMILES string of the molecule is CC(C)CCC[C@@H](C)[C@H]1CC[C@H]2[C@@H]3CC=C4C[C@@H](O)CC[C@]4(C)[C@H]3CC[C@]12C.OCC(O)CO. The summed E-state index contributed by atoms with van der Waals surface area (Å²) in [5, 5.41) is 34.2. The summed E-state index contributed by atoms with van der Waals surface area (Å²) in [5.74, 6) is 5.46. The summed E-state index contributed by atoms with van der Waals surface area (Å²) in [6.45, 7) is 11.8. The number of aliphatic hydroxyl groups is 4. The standard InChI is InChI=1S/C27H46O.C3H8O3/c1-18(2)7-6-8-19(3)23-11-12-24-22-10-9-20-17-21(28)13-15-26(20,4)25(22)14-16-27(23,24)5;4-1-3(6)2-5/h9,18-19,21-25,28H,6-8,10-17H2,1-5H3;3-6H,1-2H2/t19-,21+,22+,23-,24+,25+,26+,27-;/m1./s1. The van der Waals surface area contributed by atoms with E-state index in [1.54, 1.807) is 5.57 Å². The zero-order valence-corrected chi connectivity index (χ0v) is 22.7. The van der Waals surface area contributed by atoms with E-state index in [4.69, 9.17) is 15.3 Å². The summed E-state index contributed by atoms with van der Waals surface area (Å²) >= 11 is 0. The Bertz CT molecular complexity index is 671. The highest BCUT2D eigenvalue weighted by Gasteiger charge is 2.59. The van der Waals surface area contributed by atoms with Crippen molar-refractivity contribution in [2.75, 3.05) is 13.2 Å². The summed E-state index contributed by atoms with van der Waals surface area (Å²) in [7, 11) is 0. The van der Waals surface area contributed by atoms with Crippen LogP contribution in [0.25, 0.3) is 0 Å². The van der Waals surface area contributed by atoms with Gasteiger partial charge in [-0.2, -0.15) is 0 Å². The second-order valence-electron chi connectivity index (χ2n) is 13.2. The van der Waals surface area contributed by atoms with Crippen molar-refractivity contribution in [1.82, 2.24) is 0 Å². The minimum atomic E-state index is -0.954. The number of aliphatic hydroxyl groups excluding tert-OH is 4. The molecule has 4 nitrogen and oxygen atoms in total. The molecule has 8 atom stereocenters. The highest BCUT2D eigenvalue weighted by molar-refractivity contribution is 5.25. The van der Waals surface area contributed by atoms with Gasteiger partial charge < -0.3 is 20.4 Å². The van der Waals surface area contributed by atoms with Gasteiger partial charge in [0.05, 0.1) is 19.3 Å². The van der Waals surface area contributed by atoms with Crippen LogP contribution in [0, 0.1) is 46.3 Å². The summed E-state index contributed by atoms with van der Waals surface area (Å²) in [6.07, 6.45) is 16.2. The van der Waals surface area contributed by atoms with Gasteiger partial charge in [-0.25, -0.2) is 0 Å². The number of rotatable bonds is 7. The molecule has 0 aromatic heterocycles. The zero-order valence-electron chi connectivity index (χ0n) is 22.7. The van der Waals surface area contributed by atoms with Crippen LogP contribution in [0.15, 0.2) is 11.6 Å². The lowest BCUT2D eigenvalue weighted by Gasteiger charge is -2.58. The van der Waals surface area contributed by atoms with Gasteiger partial charge in [0, 0.05) is 0 Å². The molecule has 0 aliphatic heterocycles. The van der Waals surface area contributed by atoms with E-state index < -0.39 is 6.10 Å². The molecule has 4 N–H and O–H groups in total. The minimum Gasteiger partial charge on any atom is -0.394 e. The fourth-order valence-corrected chi connectivity index (χ4v) is 8.72. The van der Waals surface area contributed by atoms with Crippen molar-refractivity contribution in [3.63, 3.8) is 0 Å². The molecule has 198 valence electrons. The van der Waals surface area contributed by atoms with Gasteiger partial charge in [-0.15, -0.1) is 0 Å². The molecular formula is C30H54O4. The first-order valence-corrected chi connectivity index (χ1v) is 14.3. The molecule has 4 rings (SSSR count). The van der Waals surface area contributed by atoms with Gasteiger partial charge in [-0.3, -0.25) is 0 Å². The average Bonchev–Trinajstić information content (AvgIpc) is 3.16. The molecule has 0 amide bonds. The van der Waals surface area contributed by atoms with Gasteiger partial charge in [0.25, 0.3) is 0 Å². The lowest BCUT2D eigenvalue weighted by atomic mass is 9.47. The third-order valence-corrected chi connectivity index (χ3v) is 10.7. The predicted molar refractivity (Wildman–Crippen MR) is 139 cm³/mol. The Balaban J connectivity index is 0.000000481. The van der Waals surface area contributed by atoms with Crippen LogP contribution in [0.1, 0.15) is 105 Å². The maximum atomic E-state index is 10.2. The number of allylic oxidation sites excluding steroid dienone is 1. The minimum absolute atomic E-state index is 0.0766. The second-order valence-corrected chi connectivity index (χ2v) is 13.2. The van der Waals surface area contributed by atoms with Crippen LogP contribution in [0.5, 0.6) is 0 Å². The van der Waals surface area contributed by atoms with Crippen molar-refractivity contribution in [3.05, 3.63) is 11.6 Å². The van der Waals surface area contributed by atoms with E-state index in [-0.39, 0.29) is 19.3 Å². The van der Waals surface area contributed by atoms with Crippen LogP contribution in [0.4, 0.5) is 0 Å². The molecular weight excluding hydrogens is 424 g/mol. The number of hydrogen-bond acceptors (Lipinski definition) is 4. The van der Waals surface area contributed by atoms with Gasteiger partial charge in [0.15, 0.2) is 0 Å². The van der Waals surface area contributed by atoms with Crippen molar-refractivity contribution in [2.24, 2.45) is 46.3 Å². The Labute approximate surface area is 209 Å². The molecule has 0 unspecified atom stereocenters. The van der Waals surface area contributed by atoms with Crippen molar-refractivity contribution in [1.29, 1.82) is 0 Å². The van der Waals surface area contributed by atoms with Crippen LogP contribution < -0.4 is 0 Å². The molecule has 34 heavy (non-hydrogen) atoms. The second kappa shape index (κ2) is 11.8. The van der Waals surface area contributed by atoms with Gasteiger partial charge in [0.2, 0.25) is 0 Å². The van der Waals surface area contributed by atoms with Crippen molar-refractivity contribution >= 4 is 0 Å². The van der Waals surface area contributed by atoms with Gasteiger partial charge in [-0.05, 0) is 97.7 Å². The highest BCUT2D eigenvalue weighted by Crippen LogP contribution is 2.67. The molecule has 0 saturated heterocycles. The van der Waals surface area contributed by atoms with E-state index in [1.165, 1.54) is 57.8 Å². The molecule has 0 aromatic carbocycles. The Hall–Kier alpha value is -0.420. The molecule has 0 radical (unpaired) electrons. The maximum Gasteiger partial charge on any atom is 0.100 e. The Morgan fingerprint density at radius 3 is 2.26 bits per heavy atom. The monoisotopic (exact) mass is 478 g/mol. The first-order chi connectivity index (χ1) is 16.1. The summed E-state index contributed by atoms with van der Waals surface area (Å²) in [6, 6.07) is 0. The van der Waals surface area contributed by atoms with Crippen LogP contribution in [-0.4, -0.2) is 45.8 Å². The summed E-state index contributed by atoms with van der Waals surface area (Å²) in [5.41, 5.74) is 2.60. The van der Waals surface area contributed by atoms with E-state index in [0.717, 1.165) is 48.3 Å². The molecule has 4 aliphatic carbocycles. The molecule has 0 bridgehead atoms. The Kier molecular flexibility index (Phi) is 9.73. The molecule has 3 fully saturated rings. The first kappa shape index (κ1) is 28.2. The summed E-state index contributed by atoms with van der Waals surface area (Å²) < 4.78 is 0. The largest absolute Gasteiger partial charge is 0.394 e. The molecule has 4 aliphatic rings. The lowest BCUT2D eigenvalue weighted by molar-refractivity contribution is -0.0573. The van der Waals surface area contributed by atoms with Crippen molar-refractivity contribution in [3.8, 4) is 0 Å². The molecule has 0 heterocycles. The van der Waals surface area contributed by atoms with Crippen molar-refractivity contribution in [2.45, 2.75) is 117 Å². The van der Waals surface area contributed by atoms with E-state index in [2.05, 4.69) is 40.7 Å². The van der Waals surface area contributed by atoms with Gasteiger partial charge >= 0.3 is 0 Å². The Morgan fingerprint density at radius 1 is 0.941 bits per heavy atom. The van der Waals surface area contributed by atoms with E-state index in [1.807, 2.05) is 0 Å². The lowest BCUT2D eigenvalue weighted by Crippen LogP contribution is -2.50. The van der Waals surface area contributed by atoms with E-state index in [0.29, 0.717) is 10.8 Å². The van der Waals surface area contributed by atoms with Crippen LogP contribution in [-0.2, 0) is 0 Å². The third kappa shape index (κ3) is 5.76. The third-order valence-electron chi connectivity index (χ3n) is 10.7. The van der Waals surface area contributed by atoms with Crippen LogP contribution in [0.2, 0.25) is 0 Å². The first-order valence-electron chi connectivity index (χ1n) is 14.3. The highest BCUT2D eigenvalue weighted by atomic mass is 16.3. The molecule has 0 aromatic rings. The zero-order chi connectivity index (χ0) is 25.1. The summed E-state index contributed by atoms with van der Waals surface area (Å²) in [4.78, 5) is 0. The van der Waals surface area contributed by atoms with Gasteiger partial charge in [-0.1, -0.05) is 65.5 Å². The fraction of sp³-hybridized carbons (Fsp3) is 0.933. The topological polar surface area (TPSA) is 80.9 Å². The normalized spacial score (nSPS) is 40.1. The fourth-order valence-electron chi connectivity index (χ4n) is 8.72. The van der Waals surface area contributed by atoms with E-state index >= 15 is 0 Å². The van der Waals surface area contributed by atoms with Crippen LogP contribution >= 0.6 is 0 Å². The predicted octanol–water partition coefficient (Wildman–Crippen LogP) is 5.72. The van der Waals surface area contributed by atoms with Crippen molar-refractivity contribution < 1.29 is 20.4 Å². The molecule has 0 spiro atoms. The molecule has 4 heteroatoms. The average molecular weight is 479 g/mol. The quantitative estimate of drug-likeness (QED) is 0.353. The number of fused-ring (bicyclic) bond motifs is 5. The van der Waals surface area contributed by atoms with E-state index in [9.17, 15) is 5.11 Å². The molecule has 3 saturated carbocycles. The van der Waals surface area contributed by atoms with Crippen LogP contribution in [0.3, 0.4) is 0 Å². The number of hydrogen-bond donors (Lipinski definition) is 4.